The van der Waals surface area contributed by atoms with E-state index < -0.39 is 0 Å². The van der Waals surface area contributed by atoms with Gasteiger partial charge in [0.05, 0.1) is 17.8 Å². The van der Waals surface area contributed by atoms with Crippen molar-refractivity contribution in [2.75, 3.05) is 18.6 Å². The summed E-state index contributed by atoms with van der Waals surface area (Å²) in [5.41, 5.74) is 3.59. The SMILES string of the molecule is CCN1/C(=C/c2ccc3ccccc3[n+]2C)Sc2cccc(OC)c21. The minimum atomic E-state index is 0.906. The van der Waals surface area contributed by atoms with Crippen LogP contribution in [0.4, 0.5) is 5.69 Å². The molecule has 0 bridgehead atoms. The second-order valence-electron chi connectivity index (χ2n) is 6.01. The molecule has 0 amide bonds. The summed E-state index contributed by atoms with van der Waals surface area (Å²) in [6.07, 6.45) is 2.26. The van der Waals surface area contributed by atoms with E-state index in [2.05, 4.69) is 78.0 Å². The Bertz CT molecular complexity index is 981. The highest BCUT2D eigenvalue weighted by molar-refractivity contribution is 8.03. The van der Waals surface area contributed by atoms with Crippen molar-refractivity contribution in [1.82, 2.24) is 0 Å². The van der Waals surface area contributed by atoms with Crippen molar-refractivity contribution in [2.45, 2.75) is 11.8 Å². The quantitative estimate of drug-likeness (QED) is 0.643. The molecule has 2 aromatic carbocycles. The van der Waals surface area contributed by atoms with Crippen molar-refractivity contribution >= 4 is 34.4 Å². The molecule has 0 N–H and O–H groups in total. The standard InChI is InChI=1S/C21H21N2OS/c1-4-23-20(25-19-11-7-10-18(24-3)21(19)23)14-16-13-12-15-8-5-6-9-17(15)22(16)2/h5-14H,4H2,1-3H3/q+1. The molecule has 0 unspecified atom stereocenters. The number of nitrogens with zero attached hydrogens (tertiary/aromatic N) is 2. The Morgan fingerprint density at radius 1 is 1.08 bits per heavy atom. The van der Waals surface area contributed by atoms with Gasteiger partial charge in [-0.15, -0.1) is 0 Å². The number of hydrogen-bond acceptors (Lipinski definition) is 3. The number of benzene rings is 2. The van der Waals surface area contributed by atoms with Gasteiger partial charge >= 0.3 is 0 Å². The van der Waals surface area contributed by atoms with Gasteiger partial charge in [-0.25, -0.2) is 0 Å². The topological polar surface area (TPSA) is 16.4 Å². The lowest BCUT2D eigenvalue weighted by molar-refractivity contribution is -0.646. The van der Waals surface area contributed by atoms with Gasteiger partial charge in [0.15, 0.2) is 0 Å². The van der Waals surface area contributed by atoms with Crippen molar-refractivity contribution in [1.29, 1.82) is 0 Å². The lowest BCUT2D eigenvalue weighted by Gasteiger charge is -2.19. The molecule has 1 aliphatic rings. The zero-order chi connectivity index (χ0) is 17.4. The van der Waals surface area contributed by atoms with Crippen molar-refractivity contribution in [3.63, 3.8) is 0 Å². The van der Waals surface area contributed by atoms with Crippen LogP contribution in [0, 0.1) is 0 Å². The van der Waals surface area contributed by atoms with E-state index in [1.54, 1.807) is 18.9 Å². The molecule has 0 aliphatic carbocycles. The van der Waals surface area contributed by atoms with Gasteiger partial charge in [0.2, 0.25) is 11.2 Å². The first-order valence-corrected chi connectivity index (χ1v) is 9.26. The van der Waals surface area contributed by atoms with E-state index in [1.165, 1.54) is 32.2 Å². The molecular formula is C21H21N2OS+. The van der Waals surface area contributed by atoms with Gasteiger partial charge in [0.1, 0.15) is 12.8 Å². The highest BCUT2D eigenvalue weighted by Crippen LogP contribution is 2.50. The van der Waals surface area contributed by atoms with Crippen LogP contribution in [0.2, 0.25) is 0 Å². The normalized spacial score (nSPS) is 15.0. The highest BCUT2D eigenvalue weighted by atomic mass is 32.2. The average Bonchev–Trinajstić information content (AvgIpc) is 3.01. The summed E-state index contributed by atoms with van der Waals surface area (Å²) in [6, 6.07) is 19.1. The summed E-state index contributed by atoms with van der Waals surface area (Å²) < 4.78 is 7.83. The molecule has 4 rings (SSSR count). The molecule has 2 heterocycles. The molecule has 1 aliphatic heterocycles. The molecule has 0 radical (unpaired) electrons. The number of rotatable bonds is 3. The first kappa shape index (κ1) is 16.0. The summed E-state index contributed by atoms with van der Waals surface area (Å²) in [7, 11) is 3.86. The number of para-hydroxylation sites is 2. The number of aromatic nitrogens is 1. The molecule has 0 atom stereocenters. The van der Waals surface area contributed by atoms with Crippen LogP contribution < -0.4 is 14.2 Å². The largest absolute Gasteiger partial charge is 0.495 e. The van der Waals surface area contributed by atoms with Crippen molar-refractivity contribution in [3.05, 3.63) is 65.3 Å². The van der Waals surface area contributed by atoms with E-state index in [9.17, 15) is 0 Å². The second kappa shape index (κ2) is 6.45. The molecule has 0 fully saturated rings. The molecule has 3 aromatic rings. The minimum absolute atomic E-state index is 0.906. The zero-order valence-electron chi connectivity index (χ0n) is 14.7. The Labute approximate surface area is 152 Å². The van der Waals surface area contributed by atoms with Gasteiger partial charge in [-0.2, -0.15) is 4.57 Å². The fourth-order valence-electron chi connectivity index (χ4n) is 3.35. The monoisotopic (exact) mass is 349 g/mol. The molecule has 3 nitrogen and oxygen atoms in total. The number of thioether (sulfide) groups is 1. The van der Waals surface area contributed by atoms with Crippen LogP contribution in [0.1, 0.15) is 12.6 Å². The lowest BCUT2D eigenvalue weighted by Crippen LogP contribution is -2.33. The summed E-state index contributed by atoms with van der Waals surface area (Å²) in [6.45, 7) is 3.08. The Hall–Kier alpha value is -2.46. The van der Waals surface area contributed by atoms with Crippen molar-refractivity contribution in [2.24, 2.45) is 7.05 Å². The summed E-state index contributed by atoms with van der Waals surface area (Å²) in [5.74, 6) is 0.929. The number of fused-ring (bicyclic) bond motifs is 2. The summed E-state index contributed by atoms with van der Waals surface area (Å²) >= 11 is 1.80. The first-order chi connectivity index (χ1) is 12.2. The fraction of sp³-hybridized carbons (Fsp3) is 0.190. The van der Waals surface area contributed by atoms with Crippen LogP contribution in [-0.4, -0.2) is 13.7 Å². The minimum Gasteiger partial charge on any atom is -0.495 e. The predicted molar refractivity (Wildman–Crippen MR) is 105 cm³/mol. The molecular weight excluding hydrogens is 328 g/mol. The highest BCUT2D eigenvalue weighted by Gasteiger charge is 2.28. The van der Waals surface area contributed by atoms with Crippen LogP contribution in [0.15, 0.2) is 64.5 Å². The van der Waals surface area contributed by atoms with Crippen LogP contribution in [0.5, 0.6) is 5.75 Å². The summed E-state index contributed by atoms with van der Waals surface area (Å²) in [4.78, 5) is 3.57. The van der Waals surface area contributed by atoms with Crippen molar-refractivity contribution in [3.8, 4) is 5.75 Å². The first-order valence-electron chi connectivity index (χ1n) is 8.44. The van der Waals surface area contributed by atoms with Crippen LogP contribution >= 0.6 is 11.8 Å². The van der Waals surface area contributed by atoms with E-state index >= 15 is 0 Å². The van der Waals surface area contributed by atoms with E-state index in [0.29, 0.717) is 0 Å². The molecule has 126 valence electrons. The predicted octanol–water partition coefficient (Wildman–Crippen LogP) is 4.60. The molecule has 4 heteroatoms. The van der Waals surface area contributed by atoms with Crippen LogP contribution in [0.25, 0.3) is 17.0 Å². The third kappa shape index (κ3) is 2.67. The second-order valence-corrected chi connectivity index (χ2v) is 7.07. The number of ether oxygens (including phenoxy) is 1. The third-order valence-electron chi connectivity index (χ3n) is 4.64. The maximum Gasteiger partial charge on any atom is 0.212 e. The number of aryl methyl sites for hydroxylation is 1. The Balaban J connectivity index is 1.81. The van der Waals surface area contributed by atoms with E-state index in [1.807, 2.05) is 6.07 Å². The number of pyridine rings is 1. The fourth-order valence-corrected chi connectivity index (χ4v) is 4.54. The molecule has 0 saturated heterocycles. The lowest BCUT2D eigenvalue weighted by atomic mass is 10.2. The maximum absolute atomic E-state index is 5.58. The molecule has 25 heavy (non-hydrogen) atoms. The van der Waals surface area contributed by atoms with Gasteiger partial charge < -0.3 is 9.64 Å². The van der Waals surface area contributed by atoms with E-state index in [4.69, 9.17) is 4.74 Å². The van der Waals surface area contributed by atoms with E-state index in [0.717, 1.165) is 12.3 Å². The molecule has 0 saturated carbocycles. The van der Waals surface area contributed by atoms with Crippen LogP contribution in [0.3, 0.4) is 0 Å². The van der Waals surface area contributed by atoms with Gasteiger partial charge in [0, 0.05) is 35.0 Å². The average molecular weight is 349 g/mol. The van der Waals surface area contributed by atoms with Gasteiger partial charge in [-0.1, -0.05) is 30.0 Å². The molecule has 1 aromatic heterocycles. The maximum atomic E-state index is 5.58. The van der Waals surface area contributed by atoms with Gasteiger partial charge in [0.25, 0.3) is 0 Å². The molecule has 0 spiro atoms. The van der Waals surface area contributed by atoms with Gasteiger partial charge in [-0.3, -0.25) is 0 Å². The number of methoxy groups -OCH3 is 1. The number of anilines is 1. The van der Waals surface area contributed by atoms with Crippen LogP contribution in [-0.2, 0) is 7.05 Å². The van der Waals surface area contributed by atoms with E-state index in [-0.39, 0.29) is 0 Å². The Kier molecular flexibility index (Phi) is 4.14. The Morgan fingerprint density at radius 2 is 1.92 bits per heavy atom. The smallest absolute Gasteiger partial charge is 0.212 e. The Morgan fingerprint density at radius 3 is 2.72 bits per heavy atom. The van der Waals surface area contributed by atoms with Gasteiger partial charge in [-0.05, 0) is 31.2 Å². The zero-order valence-corrected chi connectivity index (χ0v) is 15.5. The summed E-state index contributed by atoms with van der Waals surface area (Å²) in [5, 5.41) is 2.48. The number of hydrogen-bond donors (Lipinski definition) is 0. The van der Waals surface area contributed by atoms with Crippen molar-refractivity contribution < 1.29 is 9.30 Å². The third-order valence-corrected chi connectivity index (χ3v) is 5.74.